The van der Waals surface area contributed by atoms with Gasteiger partial charge in [0.25, 0.3) is 0 Å². The lowest BCUT2D eigenvalue weighted by Gasteiger charge is -2.13. The fourth-order valence-corrected chi connectivity index (χ4v) is 2.71. The molecule has 0 aromatic rings. The average molecular weight is 188 g/mol. The maximum Gasteiger partial charge on any atom is 0.457 e. The monoisotopic (exact) mass is 188 g/mol. The van der Waals surface area contributed by atoms with Gasteiger partial charge in [0.2, 0.25) is 0 Å². The van der Waals surface area contributed by atoms with Gasteiger partial charge in [0.05, 0.1) is 0 Å². The van der Waals surface area contributed by atoms with Gasteiger partial charge in [-0.05, 0) is 20.3 Å². The van der Waals surface area contributed by atoms with Crippen LogP contribution >= 0.6 is 0 Å². The van der Waals surface area contributed by atoms with Crippen LogP contribution in [0.5, 0.6) is 0 Å². The molecule has 0 aromatic carbocycles. The van der Waals surface area contributed by atoms with Gasteiger partial charge in [-0.25, -0.2) is 0 Å². The third kappa shape index (κ3) is 8.55. The van der Waals surface area contributed by atoms with Gasteiger partial charge in [-0.3, -0.25) is 0 Å². The Hall–Kier alpha value is 0.452. The minimum atomic E-state index is -0.595. The maximum absolute atomic E-state index is 5.42. The van der Waals surface area contributed by atoms with Crippen LogP contribution in [0.1, 0.15) is 26.7 Å². The van der Waals surface area contributed by atoms with E-state index in [0.717, 1.165) is 19.8 Å². The normalized spacial score (nSPS) is 16.8. The Bertz CT molecular complexity index is 80.6. The molecule has 0 bridgehead atoms. The fourth-order valence-electron chi connectivity index (χ4n) is 1.11. The van der Waals surface area contributed by atoms with Crippen molar-refractivity contribution in [2.45, 2.75) is 37.8 Å². The van der Waals surface area contributed by atoms with E-state index in [4.69, 9.17) is 8.53 Å². The molecule has 0 radical (unpaired) electrons. The first-order chi connectivity index (χ1) is 5.81. The van der Waals surface area contributed by atoms with Gasteiger partial charge in [0, 0.05) is 19.8 Å². The Balaban J connectivity index is 0.000000217. The van der Waals surface area contributed by atoms with E-state index in [1.54, 1.807) is 0 Å². The smallest absolute Gasteiger partial charge is 0.457 e. The summed E-state index contributed by atoms with van der Waals surface area (Å²) in [4.78, 5) is 0. The molecule has 0 unspecified atom stereocenters. The number of ether oxygens (including phenoxy) is 1. The number of rotatable bonds is 2. The Kier molecular flexibility index (Phi) is 9.90. The van der Waals surface area contributed by atoms with Crippen molar-refractivity contribution in [1.29, 1.82) is 0 Å². The lowest BCUT2D eigenvalue weighted by atomic mass is 10.4. The van der Waals surface area contributed by atoms with Crippen molar-refractivity contribution < 1.29 is 8.53 Å². The van der Waals surface area contributed by atoms with Crippen molar-refractivity contribution in [3.63, 3.8) is 0 Å². The summed E-state index contributed by atoms with van der Waals surface area (Å²) in [6, 6.07) is 0. The zero-order valence-corrected chi connectivity index (χ0v) is 9.79. The molecule has 0 saturated carbocycles. The molecule has 0 aliphatic carbocycles. The molecule has 1 aliphatic rings. The third-order valence-electron chi connectivity index (χ3n) is 1.82. The van der Waals surface area contributed by atoms with Crippen molar-refractivity contribution in [1.82, 2.24) is 0 Å². The first kappa shape index (κ1) is 12.5. The van der Waals surface area contributed by atoms with E-state index in [-0.39, 0.29) is 0 Å². The lowest BCUT2D eigenvalue weighted by molar-refractivity contribution is 0.162. The summed E-state index contributed by atoms with van der Waals surface area (Å²) in [6.45, 7) is 6.72. The van der Waals surface area contributed by atoms with Gasteiger partial charge >= 0.3 is 14.5 Å². The van der Waals surface area contributed by atoms with Gasteiger partial charge in [0.15, 0.2) is 0 Å². The molecule has 1 fully saturated rings. The number of hydrogen-bond acceptors (Lipinski definition) is 2. The van der Waals surface area contributed by atoms with Gasteiger partial charge in [-0.2, -0.15) is 0 Å². The summed E-state index contributed by atoms with van der Waals surface area (Å²) in [7, 11) is 0. The van der Waals surface area contributed by atoms with E-state index in [2.05, 4.69) is 5.79 Å². The summed E-state index contributed by atoms with van der Waals surface area (Å²) in [6.07, 6.45) is 2.73. The molecule has 3 heteroatoms. The van der Waals surface area contributed by atoms with E-state index in [0.29, 0.717) is 0 Å². The van der Waals surface area contributed by atoms with Crippen molar-refractivity contribution in [3.8, 4) is 0 Å². The Morgan fingerprint density at radius 2 is 1.92 bits per heavy atom. The van der Waals surface area contributed by atoms with E-state index < -0.39 is 14.5 Å². The second-order valence-corrected chi connectivity index (χ2v) is 5.49. The van der Waals surface area contributed by atoms with Crippen LogP contribution in [0.3, 0.4) is 0 Å². The molecule has 1 aliphatic heterocycles. The molecule has 72 valence electrons. The largest absolute Gasteiger partial charge is 0.501 e. The molecule has 0 spiro atoms. The van der Waals surface area contributed by atoms with Crippen LogP contribution in [-0.2, 0) is 8.53 Å². The van der Waals surface area contributed by atoms with E-state index in [9.17, 15) is 0 Å². The van der Waals surface area contributed by atoms with Crippen LogP contribution in [0.25, 0.3) is 0 Å². The first-order valence-corrected chi connectivity index (χ1v) is 7.44. The predicted octanol–water partition coefficient (Wildman–Crippen LogP) is 2.46. The van der Waals surface area contributed by atoms with Crippen molar-refractivity contribution in [3.05, 3.63) is 0 Å². The van der Waals surface area contributed by atoms with Gasteiger partial charge < -0.3 is 8.53 Å². The van der Waals surface area contributed by atoms with Crippen LogP contribution in [0, 0.1) is 0 Å². The molecule has 0 aromatic heterocycles. The summed E-state index contributed by atoms with van der Waals surface area (Å²) in [5.74, 6) is 2.28. The van der Waals surface area contributed by atoms with Crippen LogP contribution in [0.15, 0.2) is 0 Å². The SMILES string of the molecule is CCOCC.[CH3][Al]1[CH2]CCC[O]1. The molecular weight excluding hydrogens is 167 g/mol. The topological polar surface area (TPSA) is 18.5 Å². The third-order valence-corrected chi connectivity index (χ3v) is 3.84. The molecule has 0 amide bonds. The van der Waals surface area contributed by atoms with Crippen LogP contribution in [0.4, 0.5) is 0 Å². The van der Waals surface area contributed by atoms with Crippen LogP contribution in [0.2, 0.25) is 11.1 Å². The highest BCUT2D eigenvalue weighted by Crippen LogP contribution is 2.09. The lowest BCUT2D eigenvalue weighted by Crippen LogP contribution is -2.18. The van der Waals surface area contributed by atoms with Gasteiger partial charge in [0.1, 0.15) is 0 Å². The molecule has 2 nitrogen and oxygen atoms in total. The molecule has 1 saturated heterocycles. The molecule has 0 atom stereocenters. The molecule has 1 heterocycles. The van der Waals surface area contributed by atoms with E-state index in [1.165, 1.54) is 18.1 Å². The zero-order chi connectivity index (χ0) is 9.23. The Morgan fingerprint density at radius 1 is 1.25 bits per heavy atom. The quantitative estimate of drug-likeness (QED) is 0.620. The van der Waals surface area contributed by atoms with Crippen molar-refractivity contribution >= 4 is 14.5 Å². The summed E-state index contributed by atoms with van der Waals surface area (Å²) in [5, 5.41) is 1.40. The summed E-state index contributed by atoms with van der Waals surface area (Å²) in [5.41, 5.74) is 0. The predicted molar refractivity (Wildman–Crippen MR) is 53.8 cm³/mol. The molecule has 1 rings (SSSR count). The highest BCUT2D eigenvalue weighted by atomic mass is 27.2. The van der Waals surface area contributed by atoms with Crippen molar-refractivity contribution in [2.75, 3.05) is 19.8 Å². The standard InChI is InChI=1S/C4H10O.C4H8O.CH3.Al/c1-3-5-4-2;1-2-3-4-5;;/h3-4H2,1-2H3;1-4H2;1H3;/q;-1;;+1. The summed E-state index contributed by atoms with van der Waals surface area (Å²) >= 11 is -0.595. The molecule has 12 heavy (non-hydrogen) atoms. The second kappa shape index (κ2) is 9.54. The highest BCUT2D eigenvalue weighted by molar-refractivity contribution is 6.50. The minimum absolute atomic E-state index is 0.595. The Morgan fingerprint density at radius 3 is 2.08 bits per heavy atom. The minimum Gasteiger partial charge on any atom is -0.501 e. The Labute approximate surface area is 81.0 Å². The number of hydrogen-bond donors (Lipinski definition) is 0. The first-order valence-electron chi connectivity index (χ1n) is 5.00. The average Bonchev–Trinajstić information content (AvgIpc) is 2.08. The van der Waals surface area contributed by atoms with Crippen LogP contribution in [-0.4, -0.2) is 34.3 Å². The second-order valence-electron chi connectivity index (χ2n) is 2.96. The van der Waals surface area contributed by atoms with Gasteiger partial charge in [-0.1, -0.05) is 17.5 Å². The fraction of sp³-hybridized carbons (Fsp3) is 1.00. The van der Waals surface area contributed by atoms with Gasteiger partial charge in [-0.15, -0.1) is 0 Å². The van der Waals surface area contributed by atoms with Crippen LogP contribution < -0.4 is 0 Å². The molecule has 0 N–H and O–H groups in total. The molecular formula is C9H21AlO2. The summed E-state index contributed by atoms with van der Waals surface area (Å²) < 4.78 is 10.2. The van der Waals surface area contributed by atoms with E-state index in [1.807, 2.05) is 13.8 Å². The van der Waals surface area contributed by atoms with Crippen molar-refractivity contribution in [2.24, 2.45) is 0 Å². The highest BCUT2D eigenvalue weighted by Gasteiger charge is 2.15. The van der Waals surface area contributed by atoms with E-state index >= 15 is 0 Å². The maximum atomic E-state index is 5.42. The zero-order valence-electron chi connectivity index (χ0n) is 8.64.